The van der Waals surface area contributed by atoms with Crippen LogP contribution in [0, 0.1) is 0 Å². The Balaban J connectivity index is 4.29. The molecule has 0 aromatic rings. The third-order valence-electron chi connectivity index (χ3n) is 7.80. The maximum absolute atomic E-state index is 12.7. The molecule has 0 aromatic heterocycles. The predicted molar refractivity (Wildman–Crippen MR) is 219 cm³/mol. The van der Waals surface area contributed by atoms with E-state index in [4.69, 9.17) is 9.05 Å². The van der Waals surface area contributed by atoms with E-state index < -0.39 is 26.6 Å². The fourth-order valence-electron chi connectivity index (χ4n) is 4.66. The quantitative estimate of drug-likeness (QED) is 0.0300. The summed E-state index contributed by atoms with van der Waals surface area (Å²) in [5.74, 6) is -0.244. The molecule has 0 rings (SSSR count). The zero-order valence-electron chi connectivity index (χ0n) is 33.2. The van der Waals surface area contributed by atoms with E-state index in [0.29, 0.717) is 23.9 Å². The van der Waals surface area contributed by atoms with Crippen LogP contribution in [-0.4, -0.2) is 68.5 Å². The van der Waals surface area contributed by atoms with Crippen LogP contribution >= 0.6 is 7.82 Å². The lowest BCUT2D eigenvalue weighted by molar-refractivity contribution is -0.870. The number of amides is 1. The molecule has 8 nitrogen and oxygen atoms in total. The van der Waals surface area contributed by atoms with E-state index in [0.717, 1.165) is 89.9 Å². The van der Waals surface area contributed by atoms with Crippen molar-refractivity contribution in [1.82, 2.24) is 5.32 Å². The van der Waals surface area contributed by atoms with Crippen LogP contribution in [0.25, 0.3) is 0 Å². The van der Waals surface area contributed by atoms with E-state index in [2.05, 4.69) is 104 Å². The van der Waals surface area contributed by atoms with Gasteiger partial charge in [0.25, 0.3) is 7.82 Å². The lowest BCUT2D eigenvalue weighted by Gasteiger charge is -2.29. The summed E-state index contributed by atoms with van der Waals surface area (Å²) < 4.78 is 22.9. The lowest BCUT2D eigenvalue weighted by Crippen LogP contribution is -2.45. The van der Waals surface area contributed by atoms with Crippen LogP contribution in [0.3, 0.4) is 0 Å². The summed E-state index contributed by atoms with van der Waals surface area (Å²) in [5.41, 5.74) is 0. The summed E-state index contributed by atoms with van der Waals surface area (Å²) in [4.78, 5) is 25.0. The van der Waals surface area contributed by atoms with E-state index in [9.17, 15) is 19.4 Å². The fourth-order valence-corrected chi connectivity index (χ4v) is 5.38. The number of quaternary nitrogens is 1. The molecule has 0 spiro atoms. The number of hydrogen-bond acceptors (Lipinski definition) is 6. The van der Waals surface area contributed by atoms with Gasteiger partial charge >= 0.3 is 0 Å². The molecule has 0 radical (unpaired) electrons. The van der Waals surface area contributed by atoms with E-state index >= 15 is 0 Å². The number of unbranched alkanes of at least 4 members (excludes halogenated alkanes) is 6. The van der Waals surface area contributed by atoms with Crippen molar-refractivity contribution in [3.63, 3.8) is 0 Å². The molecule has 0 aliphatic carbocycles. The van der Waals surface area contributed by atoms with Gasteiger partial charge in [-0.05, 0) is 77.0 Å². The highest BCUT2D eigenvalue weighted by Gasteiger charge is 2.23. The summed E-state index contributed by atoms with van der Waals surface area (Å²) in [6.45, 7) is 4.34. The van der Waals surface area contributed by atoms with Crippen LogP contribution in [0.4, 0.5) is 0 Å². The van der Waals surface area contributed by atoms with Crippen LogP contribution in [0.2, 0.25) is 0 Å². The maximum Gasteiger partial charge on any atom is 0.268 e. The summed E-state index contributed by atoms with van der Waals surface area (Å²) in [6, 6.07) is -0.906. The van der Waals surface area contributed by atoms with Crippen LogP contribution in [0.1, 0.15) is 117 Å². The van der Waals surface area contributed by atoms with Crippen LogP contribution in [-0.2, 0) is 18.4 Å². The molecular weight excluding hydrogens is 671 g/mol. The molecule has 0 bridgehead atoms. The monoisotopic (exact) mass is 745 g/mol. The number of carbonyl (C=O) groups is 1. The molecule has 0 heterocycles. The van der Waals surface area contributed by atoms with Crippen molar-refractivity contribution in [3.8, 4) is 0 Å². The molecule has 3 unspecified atom stereocenters. The second-order valence-corrected chi connectivity index (χ2v) is 15.3. The number of rotatable bonds is 33. The molecule has 296 valence electrons. The first kappa shape index (κ1) is 49.4. The van der Waals surface area contributed by atoms with Crippen molar-refractivity contribution in [3.05, 3.63) is 97.2 Å². The molecule has 0 fully saturated rings. The number of carbonyl (C=O) groups excluding carboxylic acids is 1. The average molecular weight is 745 g/mol. The molecule has 0 aliphatic heterocycles. The van der Waals surface area contributed by atoms with Gasteiger partial charge in [0.1, 0.15) is 13.2 Å². The molecule has 0 saturated carbocycles. The van der Waals surface area contributed by atoms with Gasteiger partial charge in [-0.3, -0.25) is 9.36 Å². The van der Waals surface area contributed by atoms with Gasteiger partial charge < -0.3 is 28.8 Å². The van der Waals surface area contributed by atoms with E-state index in [1.165, 1.54) is 0 Å². The van der Waals surface area contributed by atoms with Crippen molar-refractivity contribution in [2.75, 3.05) is 40.9 Å². The number of nitrogens with one attached hydrogen (secondary N) is 1. The molecule has 0 aromatic carbocycles. The average Bonchev–Trinajstić information content (AvgIpc) is 3.09. The maximum atomic E-state index is 12.7. The first-order valence-electron chi connectivity index (χ1n) is 19.6. The highest BCUT2D eigenvalue weighted by molar-refractivity contribution is 7.45. The smallest absolute Gasteiger partial charge is 0.268 e. The topological polar surface area (TPSA) is 108 Å². The Morgan fingerprint density at radius 2 is 1.17 bits per heavy atom. The van der Waals surface area contributed by atoms with Gasteiger partial charge in [0.05, 0.1) is 39.9 Å². The Labute approximate surface area is 318 Å². The number of aliphatic hydroxyl groups excluding tert-OH is 1. The van der Waals surface area contributed by atoms with Crippen molar-refractivity contribution in [1.29, 1.82) is 0 Å². The number of allylic oxidation sites excluding steroid dienone is 15. The number of likely N-dealkylation sites (N-methyl/N-ethyl adjacent to an activating group) is 1. The molecule has 2 N–H and O–H groups in total. The number of nitrogens with zero attached hydrogens (tertiary/aromatic N) is 1. The normalized spacial score (nSPS) is 15.6. The minimum atomic E-state index is -4.58. The van der Waals surface area contributed by atoms with E-state index in [-0.39, 0.29) is 12.5 Å². The Morgan fingerprint density at radius 1 is 0.692 bits per heavy atom. The molecule has 3 atom stereocenters. The van der Waals surface area contributed by atoms with Gasteiger partial charge in [0, 0.05) is 6.42 Å². The summed E-state index contributed by atoms with van der Waals surface area (Å²) in [5, 5.41) is 13.5. The standard InChI is InChI=1S/C43H73N2O6P/c1-6-8-10-12-13-14-15-16-17-18-19-20-21-22-23-24-25-26-27-28-29-30-31-33-35-37-43(47)44-41(42(46)36-34-32-11-9-7-2)40-51-52(48,49)50-39-38-45(3,4)5/h8,10,13-14,16-17,19-20,22-23,25-26,28-29,34,36,41-42,46H,6-7,9,11-12,15,18,21,24,27,30-33,35,37-40H2,1-5H3,(H-,44,47,48,49)/b10-8-,14-13-,17-16-,20-19-,23-22-,26-25-,29-28-,36-34+. The van der Waals surface area contributed by atoms with Gasteiger partial charge in [-0.2, -0.15) is 0 Å². The van der Waals surface area contributed by atoms with Crippen LogP contribution < -0.4 is 10.2 Å². The highest BCUT2D eigenvalue weighted by Crippen LogP contribution is 2.38. The van der Waals surface area contributed by atoms with Gasteiger partial charge in [-0.1, -0.05) is 130 Å². The number of phosphoric acid groups is 1. The summed E-state index contributed by atoms with van der Waals surface area (Å²) in [6.07, 6.45) is 47.9. The molecular formula is C43H73N2O6P. The van der Waals surface area contributed by atoms with Gasteiger partial charge in [-0.25, -0.2) is 0 Å². The van der Waals surface area contributed by atoms with Crippen molar-refractivity contribution < 1.29 is 32.9 Å². The number of hydrogen-bond donors (Lipinski definition) is 2. The zero-order valence-corrected chi connectivity index (χ0v) is 34.1. The summed E-state index contributed by atoms with van der Waals surface area (Å²) >= 11 is 0. The Morgan fingerprint density at radius 3 is 1.67 bits per heavy atom. The Kier molecular flexibility index (Phi) is 32.5. The predicted octanol–water partition coefficient (Wildman–Crippen LogP) is 9.77. The molecule has 0 saturated heterocycles. The van der Waals surface area contributed by atoms with Gasteiger partial charge in [-0.15, -0.1) is 0 Å². The minimum Gasteiger partial charge on any atom is -0.756 e. The highest BCUT2D eigenvalue weighted by atomic mass is 31.2. The molecule has 52 heavy (non-hydrogen) atoms. The SMILES string of the molecule is CC/C=C\C/C=C\C/C=C\C/C=C\C/C=C\C/C=C\C/C=C\CCCCCC(=O)NC(COP(=O)([O-])OCC[N+](C)(C)C)C(O)/C=C/CCCCC. The second kappa shape index (κ2) is 34.2. The van der Waals surface area contributed by atoms with E-state index in [1.54, 1.807) is 6.08 Å². The first-order valence-corrected chi connectivity index (χ1v) is 21.1. The largest absolute Gasteiger partial charge is 0.756 e. The summed E-state index contributed by atoms with van der Waals surface area (Å²) in [7, 11) is 1.21. The number of phosphoric ester groups is 1. The van der Waals surface area contributed by atoms with Crippen LogP contribution in [0.5, 0.6) is 0 Å². The van der Waals surface area contributed by atoms with Gasteiger partial charge in [0.2, 0.25) is 5.91 Å². The van der Waals surface area contributed by atoms with Crippen molar-refractivity contribution in [2.24, 2.45) is 0 Å². The second-order valence-electron chi connectivity index (χ2n) is 13.9. The molecule has 1 amide bonds. The lowest BCUT2D eigenvalue weighted by atomic mass is 10.1. The first-order chi connectivity index (χ1) is 25.0. The van der Waals surface area contributed by atoms with Gasteiger partial charge in [0.15, 0.2) is 0 Å². The van der Waals surface area contributed by atoms with E-state index in [1.807, 2.05) is 27.2 Å². The Bertz CT molecular complexity index is 1160. The zero-order chi connectivity index (χ0) is 38.6. The van der Waals surface area contributed by atoms with Crippen molar-refractivity contribution >= 4 is 13.7 Å². The Hall–Kier alpha value is -2.58. The molecule has 0 aliphatic rings. The van der Waals surface area contributed by atoms with Crippen molar-refractivity contribution in [2.45, 2.75) is 129 Å². The number of aliphatic hydroxyl groups is 1. The van der Waals surface area contributed by atoms with Crippen LogP contribution in [0.15, 0.2) is 97.2 Å². The third kappa shape index (κ3) is 35.8. The fraction of sp³-hybridized carbons (Fsp3) is 0.605. The third-order valence-corrected chi connectivity index (χ3v) is 8.76. The minimum absolute atomic E-state index is 0.0150. The molecule has 9 heteroatoms.